The molecule has 16 heavy (non-hydrogen) atoms. The molecule has 0 saturated carbocycles. The van der Waals surface area contributed by atoms with Gasteiger partial charge in [-0.15, -0.1) is 0 Å². The molecule has 0 N–H and O–H groups in total. The first-order valence-electron chi connectivity index (χ1n) is 4.08. The molecule has 0 heterocycles. The molecule has 0 spiro atoms. The fourth-order valence-electron chi connectivity index (χ4n) is 1.33. The van der Waals surface area contributed by atoms with Crippen molar-refractivity contribution in [3.05, 3.63) is 0 Å². The molecule has 0 aliphatic heterocycles. The number of rotatable bonds is 6. The Kier molecular flexibility index (Phi) is 3.99. The summed E-state index contributed by atoms with van der Waals surface area (Å²) in [6.45, 7) is 1.07. The standard InChI is InChI=1S/C8H10O8/c1-2-3(4(9)10)8(5(11)12,6(13)14)7(15)16/h3H,2H2,1H3,(H,9,10)(H,11,12)(H,13,14)(H,15,16)/p-4. The summed E-state index contributed by atoms with van der Waals surface area (Å²) in [5.74, 6) is -12.4. The fraction of sp³-hybridized carbons (Fsp3) is 0.500. The normalized spacial score (nSPS) is 12.8. The lowest BCUT2D eigenvalue weighted by atomic mass is 9.74. The highest BCUT2D eigenvalue weighted by atomic mass is 16.4. The lowest BCUT2D eigenvalue weighted by molar-refractivity contribution is -0.371. The SMILES string of the molecule is CCC(C(=O)[O-])C(C(=O)[O-])(C(=O)[O-])C(=O)[O-]. The van der Waals surface area contributed by atoms with Crippen molar-refractivity contribution in [3.8, 4) is 0 Å². The van der Waals surface area contributed by atoms with Gasteiger partial charge in [-0.05, 0) is 6.42 Å². The van der Waals surface area contributed by atoms with Crippen LogP contribution in [0.15, 0.2) is 0 Å². The number of aliphatic carboxylic acids is 4. The predicted molar refractivity (Wildman–Crippen MR) is 36.2 cm³/mol. The van der Waals surface area contributed by atoms with E-state index in [1.807, 2.05) is 0 Å². The summed E-state index contributed by atoms with van der Waals surface area (Å²) in [5.41, 5.74) is -3.76. The fourth-order valence-corrected chi connectivity index (χ4v) is 1.33. The molecule has 0 amide bonds. The van der Waals surface area contributed by atoms with Crippen molar-refractivity contribution >= 4 is 23.9 Å². The Labute approximate surface area is 89.1 Å². The number of hydrogen-bond donors (Lipinski definition) is 0. The van der Waals surface area contributed by atoms with E-state index in [0.29, 0.717) is 0 Å². The van der Waals surface area contributed by atoms with Gasteiger partial charge in [-0.2, -0.15) is 0 Å². The Morgan fingerprint density at radius 1 is 0.938 bits per heavy atom. The van der Waals surface area contributed by atoms with Crippen molar-refractivity contribution in [1.29, 1.82) is 0 Å². The van der Waals surface area contributed by atoms with Gasteiger partial charge in [-0.25, -0.2) is 0 Å². The lowest BCUT2D eigenvalue weighted by Crippen LogP contribution is -2.68. The van der Waals surface area contributed by atoms with Crippen molar-refractivity contribution in [3.63, 3.8) is 0 Å². The Bertz CT molecular complexity index is 308. The second-order valence-electron chi connectivity index (χ2n) is 2.95. The Morgan fingerprint density at radius 3 is 1.31 bits per heavy atom. The Morgan fingerprint density at radius 2 is 1.25 bits per heavy atom. The average molecular weight is 230 g/mol. The summed E-state index contributed by atoms with van der Waals surface area (Å²) >= 11 is 0. The van der Waals surface area contributed by atoms with Crippen molar-refractivity contribution in [2.24, 2.45) is 11.3 Å². The van der Waals surface area contributed by atoms with E-state index in [4.69, 9.17) is 0 Å². The molecule has 0 saturated heterocycles. The van der Waals surface area contributed by atoms with Gasteiger partial charge in [0.15, 0.2) is 0 Å². The Hall–Kier alpha value is -2.12. The molecule has 0 radical (unpaired) electrons. The van der Waals surface area contributed by atoms with Crippen molar-refractivity contribution in [2.75, 3.05) is 0 Å². The molecule has 1 unspecified atom stereocenters. The Balaban J connectivity index is 5.88. The van der Waals surface area contributed by atoms with Gasteiger partial charge in [-0.3, -0.25) is 0 Å². The van der Waals surface area contributed by atoms with Crippen LogP contribution in [0.4, 0.5) is 0 Å². The first-order chi connectivity index (χ1) is 7.22. The summed E-state index contributed by atoms with van der Waals surface area (Å²) in [6, 6.07) is 0. The van der Waals surface area contributed by atoms with Gasteiger partial charge in [0, 0.05) is 11.9 Å². The summed E-state index contributed by atoms with van der Waals surface area (Å²) in [7, 11) is 0. The minimum atomic E-state index is -3.76. The quantitative estimate of drug-likeness (QED) is 0.407. The maximum atomic E-state index is 10.6. The maximum Gasteiger partial charge on any atom is 0.0967 e. The van der Waals surface area contributed by atoms with Crippen LogP contribution in [0.1, 0.15) is 13.3 Å². The summed E-state index contributed by atoms with van der Waals surface area (Å²) < 4.78 is 0. The largest absolute Gasteiger partial charge is 0.550 e. The molecule has 0 aliphatic carbocycles. The van der Waals surface area contributed by atoms with E-state index in [-0.39, 0.29) is 0 Å². The van der Waals surface area contributed by atoms with Crippen LogP contribution in [0, 0.1) is 11.3 Å². The molecule has 0 aromatic carbocycles. The maximum absolute atomic E-state index is 10.6. The third-order valence-corrected chi connectivity index (χ3v) is 2.18. The number of carboxylic acids is 4. The van der Waals surface area contributed by atoms with E-state index < -0.39 is 41.6 Å². The molecule has 0 aromatic rings. The minimum Gasteiger partial charge on any atom is -0.550 e. The second-order valence-corrected chi connectivity index (χ2v) is 2.95. The molecule has 90 valence electrons. The van der Waals surface area contributed by atoms with Gasteiger partial charge in [0.1, 0.15) is 0 Å². The van der Waals surface area contributed by atoms with E-state index in [0.717, 1.165) is 6.92 Å². The summed E-state index contributed by atoms with van der Waals surface area (Å²) in [5, 5.41) is 42.2. The van der Waals surface area contributed by atoms with Gasteiger partial charge >= 0.3 is 0 Å². The molecule has 1 atom stereocenters. The van der Waals surface area contributed by atoms with Crippen LogP contribution in [0.25, 0.3) is 0 Å². The van der Waals surface area contributed by atoms with Crippen LogP contribution >= 0.6 is 0 Å². The second kappa shape index (κ2) is 4.60. The highest BCUT2D eigenvalue weighted by molar-refractivity contribution is 6.17. The molecular weight excluding hydrogens is 224 g/mol. The molecule has 0 fully saturated rings. The van der Waals surface area contributed by atoms with Gasteiger partial charge in [0.2, 0.25) is 0 Å². The summed E-state index contributed by atoms with van der Waals surface area (Å²) in [4.78, 5) is 42.2. The molecule has 8 nitrogen and oxygen atoms in total. The molecule has 0 rings (SSSR count). The van der Waals surface area contributed by atoms with E-state index >= 15 is 0 Å². The molecule has 0 aromatic heterocycles. The van der Waals surface area contributed by atoms with Crippen LogP contribution in [0.5, 0.6) is 0 Å². The van der Waals surface area contributed by atoms with Crippen molar-refractivity contribution in [2.45, 2.75) is 13.3 Å². The molecular formula is C8H6O8-4. The number of carboxylic acid groups (broad SMARTS) is 4. The zero-order valence-electron chi connectivity index (χ0n) is 8.05. The summed E-state index contributed by atoms with van der Waals surface area (Å²) in [6.07, 6.45) is -0.613. The zero-order valence-corrected chi connectivity index (χ0v) is 8.05. The third kappa shape index (κ3) is 1.81. The third-order valence-electron chi connectivity index (χ3n) is 2.18. The van der Waals surface area contributed by atoms with E-state index in [1.54, 1.807) is 0 Å². The van der Waals surface area contributed by atoms with Crippen LogP contribution in [0.2, 0.25) is 0 Å². The monoisotopic (exact) mass is 230 g/mol. The van der Waals surface area contributed by atoms with Gasteiger partial charge < -0.3 is 39.6 Å². The predicted octanol–water partition coefficient (Wildman–Crippen LogP) is -6.00. The lowest BCUT2D eigenvalue weighted by Gasteiger charge is -2.43. The molecule has 8 heteroatoms. The first-order valence-corrected chi connectivity index (χ1v) is 4.08. The van der Waals surface area contributed by atoms with Gasteiger partial charge in [0.25, 0.3) is 0 Å². The minimum absolute atomic E-state index is 0.613. The van der Waals surface area contributed by atoms with Gasteiger partial charge in [-0.1, -0.05) is 6.92 Å². The highest BCUT2D eigenvalue weighted by Gasteiger charge is 2.43. The molecule has 0 bridgehead atoms. The van der Waals surface area contributed by atoms with Crippen LogP contribution in [-0.4, -0.2) is 23.9 Å². The number of hydrogen-bond acceptors (Lipinski definition) is 8. The van der Waals surface area contributed by atoms with Gasteiger partial charge in [0.05, 0.1) is 23.3 Å². The van der Waals surface area contributed by atoms with Crippen LogP contribution in [0.3, 0.4) is 0 Å². The van der Waals surface area contributed by atoms with Crippen molar-refractivity contribution < 1.29 is 39.6 Å². The average Bonchev–Trinajstić information content (AvgIpc) is 2.10. The topological polar surface area (TPSA) is 161 Å². The number of carbonyl (C=O) groups is 4. The smallest absolute Gasteiger partial charge is 0.0967 e. The highest BCUT2D eigenvalue weighted by Crippen LogP contribution is 2.29. The van der Waals surface area contributed by atoms with Crippen LogP contribution in [-0.2, 0) is 19.2 Å². The van der Waals surface area contributed by atoms with Crippen LogP contribution < -0.4 is 20.4 Å². The van der Waals surface area contributed by atoms with E-state index in [2.05, 4.69) is 0 Å². The molecule has 0 aliphatic rings. The van der Waals surface area contributed by atoms with E-state index in [1.165, 1.54) is 0 Å². The first kappa shape index (κ1) is 13.9. The van der Waals surface area contributed by atoms with Crippen molar-refractivity contribution in [1.82, 2.24) is 0 Å². The zero-order chi connectivity index (χ0) is 13.1. The van der Waals surface area contributed by atoms with E-state index in [9.17, 15) is 39.6 Å². The number of carbonyl (C=O) groups excluding carboxylic acids is 4.